The van der Waals surface area contributed by atoms with Gasteiger partial charge in [-0.05, 0) is 70.8 Å². The number of anilines is 6. The van der Waals surface area contributed by atoms with E-state index >= 15 is 4.57 Å². The maximum Gasteiger partial charge on any atom is 0.171 e. The lowest BCUT2D eigenvalue weighted by molar-refractivity contribution is 0.592. The number of hydrogen-bond donors (Lipinski definition) is 0. The minimum atomic E-state index is -3.45. The number of pyridine rings is 2. The van der Waals surface area contributed by atoms with Crippen LogP contribution in [0, 0.1) is 0 Å². The largest absolute Gasteiger partial charge is 0.309 e. The molecule has 0 fully saturated rings. The average Bonchev–Trinajstić information content (AvgIpc) is 3.18. The van der Waals surface area contributed by atoms with E-state index in [2.05, 4.69) is 135 Å². The van der Waals surface area contributed by atoms with Crippen LogP contribution in [-0.2, 0) is 15.4 Å². The summed E-state index contributed by atoms with van der Waals surface area (Å²) in [5, 5.41) is 2.17. The van der Waals surface area contributed by atoms with E-state index in [1.807, 2.05) is 54.6 Å². The van der Waals surface area contributed by atoms with Crippen molar-refractivity contribution < 1.29 is 4.57 Å². The van der Waals surface area contributed by atoms with Gasteiger partial charge in [0.25, 0.3) is 0 Å². The van der Waals surface area contributed by atoms with Crippen LogP contribution < -0.4 is 25.7 Å². The molecule has 0 amide bonds. The number of fused-ring (bicyclic) bond motifs is 4. The van der Waals surface area contributed by atoms with Crippen LogP contribution in [0.1, 0.15) is 49.9 Å². The van der Waals surface area contributed by atoms with Crippen LogP contribution >= 0.6 is 7.14 Å². The molecule has 6 heteroatoms. The summed E-state index contributed by atoms with van der Waals surface area (Å²) >= 11 is 0. The van der Waals surface area contributed by atoms with Gasteiger partial charge in [0.05, 0.1) is 22.7 Å². The molecule has 0 bridgehead atoms. The third-order valence-electron chi connectivity index (χ3n) is 11.0. The Balaban J connectivity index is 1.23. The number of para-hydroxylation sites is 4. The van der Waals surface area contributed by atoms with Crippen molar-refractivity contribution >= 4 is 57.4 Å². The quantitative estimate of drug-likeness (QED) is 0.168. The summed E-state index contributed by atoms with van der Waals surface area (Å²) in [6.07, 6.45) is 3.60. The van der Waals surface area contributed by atoms with Crippen LogP contribution in [-0.4, -0.2) is 9.97 Å². The summed E-state index contributed by atoms with van der Waals surface area (Å²) in [5.74, 6) is 1.44. The Hall–Kier alpha value is -5.77. The molecule has 5 nitrogen and oxygen atoms in total. The van der Waals surface area contributed by atoms with E-state index in [4.69, 9.17) is 9.97 Å². The first-order chi connectivity index (χ1) is 25.2. The van der Waals surface area contributed by atoms with Crippen molar-refractivity contribution in [1.82, 2.24) is 9.97 Å². The predicted octanol–water partition coefficient (Wildman–Crippen LogP) is 10.3. The molecule has 2 aliphatic heterocycles. The molecule has 0 saturated heterocycles. The van der Waals surface area contributed by atoms with Gasteiger partial charge in [-0.15, -0.1) is 0 Å². The highest BCUT2D eigenvalue weighted by atomic mass is 31.2. The minimum Gasteiger partial charge on any atom is -0.309 e. The number of nitrogens with zero attached hydrogens (tertiary/aromatic N) is 4. The highest BCUT2D eigenvalue weighted by Gasteiger charge is 2.40. The number of rotatable bonds is 5. The van der Waals surface area contributed by atoms with Crippen LogP contribution in [0.3, 0.4) is 0 Å². The van der Waals surface area contributed by atoms with E-state index in [-0.39, 0.29) is 10.8 Å². The third kappa shape index (κ3) is 4.73. The zero-order chi connectivity index (χ0) is 35.7. The van der Waals surface area contributed by atoms with Crippen molar-refractivity contribution in [3.05, 3.63) is 186 Å². The number of hydrogen-bond acceptors (Lipinski definition) is 5. The van der Waals surface area contributed by atoms with Crippen molar-refractivity contribution in [1.29, 1.82) is 0 Å². The van der Waals surface area contributed by atoms with E-state index in [1.165, 1.54) is 22.3 Å². The molecule has 0 radical (unpaired) electrons. The maximum absolute atomic E-state index is 16.2. The molecule has 0 atom stereocenters. The smallest absolute Gasteiger partial charge is 0.171 e. The van der Waals surface area contributed by atoms with Gasteiger partial charge >= 0.3 is 0 Å². The standard InChI is InChI=1S/C46H39N4OP/c1-45(2)35-18-8-12-22-39(35)49(40-23-13-9-19-36(40)45)43-30-33(26-28-47-43)52(51,32-16-6-5-7-17-32)34-27-29-48-44(31-34)50-41-24-14-10-20-37(41)46(3,4)38-21-11-15-25-42(38)50/h5-31H,1-4H3. The molecule has 5 aromatic carbocycles. The van der Waals surface area contributed by atoms with Crippen molar-refractivity contribution in [2.24, 2.45) is 0 Å². The van der Waals surface area contributed by atoms with Gasteiger partial charge in [-0.25, -0.2) is 9.97 Å². The minimum absolute atomic E-state index is 0.199. The number of aromatic nitrogens is 2. The zero-order valence-electron chi connectivity index (χ0n) is 29.7. The zero-order valence-corrected chi connectivity index (χ0v) is 30.6. The molecule has 9 rings (SSSR count). The van der Waals surface area contributed by atoms with Crippen molar-refractivity contribution in [3.8, 4) is 0 Å². The van der Waals surface area contributed by atoms with Crippen molar-refractivity contribution in [2.75, 3.05) is 9.80 Å². The summed E-state index contributed by atoms with van der Waals surface area (Å²) in [6, 6.07) is 51.8. The lowest BCUT2D eigenvalue weighted by Gasteiger charge is -2.41. The molecule has 2 aromatic heterocycles. The fourth-order valence-corrected chi connectivity index (χ4v) is 11.0. The molecule has 0 N–H and O–H groups in total. The van der Waals surface area contributed by atoms with Crippen LogP contribution in [0.5, 0.6) is 0 Å². The Morgan fingerprint density at radius 3 is 1.12 bits per heavy atom. The summed E-state index contributed by atoms with van der Waals surface area (Å²) in [5.41, 5.74) is 8.76. The first kappa shape index (κ1) is 32.2. The van der Waals surface area contributed by atoms with Gasteiger partial charge in [0, 0.05) is 39.1 Å². The lowest BCUT2D eigenvalue weighted by Crippen LogP contribution is -2.32. The van der Waals surface area contributed by atoms with Gasteiger partial charge in [0.1, 0.15) is 11.6 Å². The first-order valence-electron chi connectivity index (χ1n) is 17.8. The van der Waals surface area contributed by atoms with E-state index < -0.39 is 7.14 Å². The Morgan fingerprint density at radius 2 is 0.750 bits per heavy atom. The highest BCUT2D eigenvalue weighted by Crippen LogP contribution is 2.54. The van der Waals surface area contributed by atoms with E-state index in [0.717, 1.165) is 39.7 Å². The molecule has 254 valence electrons. The van der Waals surface area contributed by atoms with Gasteiger partial charge in [0.15, 0.2) is 7.14 Å². The highest BCUT2D eigenvalue weighted by molar-refractivity contribution is 7.85. The molecule has 0 unspecified atom stereocenters. The van der Waals surface area contributed by atoms with Gasteiger partial charge in [-0.1, -0.05) is 131 Å². The van der Waals surface area contributed by atoms with Gasteiger partial charge in [-0.2, -0.15) is 0 Å². The molecule has 0 saturated carbocycles. The second-order valence-electron chi connectivity index (χ2n) is 14.7. The van der Waals surface area contributed by atoms with Crippen LogP contribution in [0.2, 0.25) is 0 Å². The molecule has 4 heterocycles. The fraction of sp³-hybridized carbons (Fsp3) is 0.130. The topological polar surface area (TPSA) is 49.3 Å². The van der Waals surface area contributed by atoms with E-state index in [9.17, 15) is 0 Å². The second kappa shape index (κ2) is 11.9. The van der Waals surface area contributed by atoms with E-state index in [0.29, 0.717) is 10.6 Å². The SMILES string of the molecule is CC1(C)c2ccccc2N(c2cc(P(=O)(c3ccccc3)c3ccnc(N4c5ccccc5C(C)(C)c5ccccc54)c3)ccn2)c2ccccc21. The maximum atomic E-state index is 16.2. The van der Waals surface area contributed by atoms with Crippen LogP contribution in [0.15, 0.2) is 164 Å². The monoisotopic (exact) mass is 694 g/mol. The molecule has 2 aliphatic rings. The molecule has 0 spiro atoms. The Bertz CT molecular complexity index is 2290. The summed E-state index contributed by atoms with van der Waals surface area (Å²) in [7, 11) is -3.45. The molecule has 7 aromatic rings. The third-order valence-corrected chi connectivity index (χ3v) is 14.1. The summed E-state index contributed by atoms with van der Waals surface area (Å²) in [6.45, 7) is 9.10. The number of benzene rings is 5. The second-order valence-corrected chi connectivity index (χ2v) is 17.4. The van der Waals surface area contributed by atoms with Crippen molar-refractivity contribution in [3.63, 3.8) is 0 Å². The van der Waals surface area contributed by atoms with E-state index in [1.54, 1.807) is 12.4 Å². The van der Waals surface area contributed by atoms with Gasteiger partial charge in [0.2, 0.25) is 0 Å². The Kier molecular flexibility index (Phi) is 7.36. The Morgan fingerprint density at radius 1 is 0.423 bits per heavy atom. The average molecular weight is 695 g/mol. The molecular formula is C46H39N4OP. The predicted molar refractivity (Wildman–Crippen MR) is 215 cm³/mol. The summed E-state index contributed by atoms with van der Waals surface area (Å²) in [4.78, 5) is 14.3. The van der Waals surface area contributed by atoms with Gasteiger partial charge in [-0.3, -0.25) is 9.80 Å². The summed E-state index contributed by atoms with van der Waals surface area (Å²) < 4.78 is 16.2. The lowest BCUT2D eigenvalue weighted by atomic mass is 9.73. The van der Waals surface area contributed by atoms with Crippen LogP contribution in [0.25, 0.3) is 0 Å². The molecule has 52 heavy (non-hydrogen) atoms. The fourth-order valence-electron chi connectivity index (χ4n) is 8.37. The molecular weight excluding hydrogens is 656 g/mol. The first-order valence-corrected chi connectivity index (χ1v) is 19.5. The molecule has 0 aliphatic carbocycles. The normalized spacial score (nSPS) is 15.2. The van der Waals surface area contributed by atoms with Crippen molar-refractivity contribution in [2.45, 2.75) is 38.5 Å². The van der Waals surface area contributed by atoms with Crippen LogP contribution in [0.4, 0.5) is 34.4 Å². The van der Waals surface area contributed by atoms with Gasteiger partial charge < -0.3 is 4.57 Å². The Labute approximate surface area is 305 Å².